The SMILES string of the molecule is CN=C(NC)NCCc1c(C)[nH]c2ccccc12. The van der Waals surface area contributed by atoms with Gasteiger partial charge in [-0.15, -0.1) is 0 Å². The molecule has 2 aromatic rings. The van der Waals surface area contributed by atoms with Crippen LogP contribution in [0.2, 0.25) is 0 Å². The van der Waals surface area contributed by atoms with Crippen LogP contribution < -0.4 is 10.6 Å². The summed E-state index contributed by atoms with van der Waals surface area (Å²) < 4.78 is 0. The van der Waals surface area contributed by atoms with E-state index in [1.807, 2.05) is 7.05 Å². The summed E-state index contributed by atoms with van der Waals surface area (Å²) in [6.45, 7) is 3.00. The van der Waals surface area contributed by atoms with Gasteiger partial charge < -0.3 is 15.6 Å². The second kappa shape index (κ2) is 5.58. The van der Waals surface area contributed by atoms with Crippen molar-refractivity contribution in [3.05, 3.63) is 35.5 Å². The Balaban J connectivity index is 2.10. The molecule has 1 aromatic heterocycles. The number of hydrogen-bond acceptors (Lipinski definition) is 1. The van der Waals surface area contributed by atoms with Crippen LogP contribution in [0.3, 0.4) is 0 Å². The van der Waals surface area contributed by atoms with Crippen LogP contribution in [-0.2, 0) is 6.42 Å². The van der Waals surface area contributed by atoms with Crippen LogP contribution in [0.4, 0.5) is 0 Å². The number of H-pyrrole nitrogens is 1. The minimum absolute atomic E-state index is 0.826. The number of nitrogens with zero attached hydrogens (tertiary/aromatic N) is 1. The summed E-state index contributed by atoms with van der Waals surface area (Å²) in [7, 11) is 3.64. The lowest BCUT2D eigenvalue weighted by Gasteiger charge is -2.08. The molecular weight excluding hydrogens is 224 g/mol. The largest absolute Gasteiger partial charge is 0.359 e. The van der Waals surface area contributed by atoms with Crippen LogP contribution in [0.1, 0.15) is 11.3 Å². The fourth-order valence-corrected chi connectivity index (χ4v) is 2.24. The number of aliphatic imine (C=N–C) groups is 1. The standard InChI is InChI=1S/C14H20N4/c1-10-11(8-9-17-14(15-2)16-3)12-6-4-5-7-13(12)18-10/h4-7,18H,8-9H2,1-3H3,(H2,15,16,17). The lowest BCUT2D eigenvalue weighted by Crippen LogP contribution is -2.35. The van der Waals surface area contributed by atoms with Gasteiger partial charge in [0.05, 0.1) is 0 Å². The second-order valence-electron chi connectivity index (χ2n) is 4.27. The first-order chi connectivity index (χ1) is 8.76. The number of aromatic nitrogens is 1. The molecule has 0 saturated carbocycles. The maximum Gasteiger partial charge on any atom is 0.190 e. The summed E-state index contributed by atoms with van der Waals surface area (Å²) >= 11 is 0. The molecule has 3 N–H and O–H groups in total. The highest BCUT2D eigenvalue weighted by Crippen LogP contribution is 2.21. The molecule has 0 spiro atoms. The zero-order valence-corrected chi connectivity index (χ0v) is 11.2. The summed E-state index contributed by atoms with van der Waals surface area (Å²) in [6, 6.07) is 8.43. The maximum absolute atomic E-state index is 4.10. The van der Waals surface area contributed by atoms with E-state index in [0.29, 0.717) is 0 Å². The predicted molar refractivity (Wildman–Crippen MR) is 77.2 cm³/mol. The highest BCUT2D eigenvalue weighted by Gasteiger charge is 2.07. The highest BCUT2D eigenvalue weighted by atomic mass is 15.1. The van der Waals surface area contributed by atoms with Crippen molar-refractivity contribution in [3.63, 3.8) is 0 Å². The van der Waals surface area contributed by atoms with Gasteiger partial charge in [-0.05, 0) is 25.0 Å². The summed E-state index contributed by atoms with van der Waals surface area (Å²) in [5.74, 6) is 0.826. The number of aromatic amines is 1. The summed E-state index contributed by atoms with van der Waals surface area (Å²) in [5.41, 5.74) is 3.84. The first-order valence-electron chi connectivity index (χ1n) is 6.21. The Hall–Kier alpha value is -1.97. The van der Waals surface area contributed by atoms with Gasteiger partial charge in [0.25, 0.3) is 0 Å². The number of rotatable bonds is 3. The van der Waals surface area contributed by atoms with Gasteiger partial charge in [0.2, 0.25) is 0 Å². The summed E-state index contributed by atoms with van der Waals surface area (Å²) in [6.07, 6.45) is 0.983. The van der Waals surface area contributed by atoms with E-state index in [-0.39, 0.29) is 0 Å². The number of hydrogen-bond donors (Lipinski definition) is 3. The first kappa shape index (κ1) is 12.5. The molecule has 96 valence electrons. The predicted octanol–water partition coefficient (Wildman–Crippen LogP) is 1.81. The topological polar surface area (TPSA) is 52.2 Å². The van der Waals surface area contributed by atoms with Crippen molar-refractivity contribution in [2.75, 3.05) is 20.6 Å². The van der Waals surface area contributed by atoms with Gasteiger partial charge in [-0.3, -0.25) is 4.99 Å². The molecule has 1 aromatic carbocycles. The van der Waals surface area contributed by atoms with Gasteiger partial charge in [0.1, 0.15) is 0 Å². The van der Waals surface area contributed by atoms with Crippen molar-refractivity contribution in [2.45, 2.75) is 13.3 Å². The van der Waals surface area contributed by atoms with Crippen LogP contribution in [0.5, 0.6) is 0 Å². The van der Waals surface area contributed by atoms with Crippen LogP contribution in [0.25, 0.3) is 10.9 Å². The van der Waals surface area contributed by atoms with Gasteiger partial charge in [0, 0.05) is 37.2 Å². The molecule has 18 heavy (non-hydrogen) atoms. The molecule has 2 rings (SSSR count). The molecule has 0 fully saturated rings. The molecule has 0 aliphatic rings. The maximum atomic E-state index is 4.10. The van der Waals surface area contributed by atoms with Gasteiger partial charge in [-0.2, -0.15) is 0 Å². The van der Waals surface area contributed by atoms with E-state index in [2.05, 4.69) is 51.8 Å². The van der Waals surface area contributed by atoms with E-state index in [1.54, 1.807) is 7.05 Å². The molecule has 4 nitrogen and oxygen atoms in total. The van der Waals surface area contributed by atoms with Crippen molar-refractivity contribution >= 4 is 16.9 Å². The number of guanidine groups is 1. The monoisotopic (exact) mass is 244 g/mol. The molecule has 0 saturated heterocycles. The Kier molecular flexibility index (Phi) is 3.87. The lowest BCUT2D eigenvalue weighted by atomic mass is 10.1. The molecule has 1 heterocycles. The first-order valence-corrected chi connectivity index (χ1v) is 6.21. The summed E-state index contributed by atoms with van der Waals surface area (Å²) in [4.78, 5) is 7.52. The van der Waals surface area contributed by atoms with Crippen molar-refractivity contribution in [3.8, 4) is 0 Å². The van der Waals surface area contributed by atoms with Crippen molar-refractivity contribution < 1.29 is 0 Å². The van der Waals surface area contributed by atoms with E-state index in [1.165, 1.54) is 22.2 Å². The molecular formula is C14H20N4. The Bertz CT molecular complexity index is 554. The van der Waals surface area contributed by atoms with Gasteiger partial charge in [-0.25, -0.2) is 0 Å². The third kappa shape index (κ3) is 2.47. The minimum Gasteiger partial charge on any atom is -0.359 e. The van der Waals surface area contributed by atoms with Gasteiger partial charge in [0.15, 0.2) is 5.96 Å². The van der Waals surface area contributed by atoms with E-state index in [4.69, 9.17) is 0 Å². The smallest absolute Gasteiger partial charge is 0.190 e. The second-order valence-corrected chi connectivity index (χ2v) is 4.27. The number of nitrogens with one attached hydrogen (secondary N) is 3. The average Bonchev–Trinajstić information content (AvgIpc) is 2.71. The zero-order chi connectivity index (χ0) is 13.0. The molecule has 0 bridgehead atoms. The average molecular weight is 244 g/mol. The van der Waals surface area contributed by atoms with Crippen molar-refractivity contribution in [1.29, 1.82) is 0 Å². The van der Waals surface area contributed by atoms with Crippen LogP contribution in [0.15, 0.2) is 29.3 Å². The molecule has 0 atom stereocenters. The number of fused-ring (bicyclic) bond motifs is 1. The fourth-order valence-electron chi connectivity index (χ4n) is 2.24. The number of aryl methyl sites for hydroxylation is 1. The minimum atomic E-state index is 0.826. The fraction of sp³-hybridized carbons (Fsp3) is 0.357. The Labute approximate surface area is 108 Å². The van der Waals surface area contributed by atoms with Gasteiger partial charge in [-0.1, -0.05) is 18.2 Å². The lowest BCUT2D eigenvalue weighted by molar-refractivity contribution is 0.833. The molecule has 0 unspecified atom stereocenters. The third-order valence-electron chi connectivity index (χ3n) is 3.15. The Morgan fingerprint density at radius 3 is 2.83 bits per heavy atom. The normalized spacial score (nSPS) is 11.8. The number of benzene rings is 1. The van der Waals surface area contributed by atoms with Crippen LogP contribution in [-0.4, -0.2) is 31.6 Å². The van der Waals surface area contributed by atoms with Crippen molar-refractivity contribution in [2.24, 2.45) is 4.99 Å². The Morgan fingerprint density at radius 1 is 1.33 bits per heavy atom. The zero-order valence-electron chi connectivity index (χ0n) is 11.2. The quantitative estimate of drug-likeness (QED) is 0.570. The van der Waals surface area contributed by atoms with Gasteiger partial charge >= 0.3 is 0 Å². The molecule has 0 aliphatic carbocycles. The van der Waals surface area contributed by atoms with E-state index < -0.39 is 0 Å². The number of para-hydroxylation sites is 1. The van der Waals surface area contributed by atoms with E-state index >= 15 is 0 Å². The van der Waals surface area contributed by atoms with E-state index in [0.717, 1.165) is 18.9 Å². The van der Waals surface area contributed by atoms with Crippen LogP contribution >= 0.6 is 0 Å². The van der Waals surface area contributed by atoms with Crippen molar-refractivity contribution in [1.82, 2.24) is 15.6 Å². The molecule has 4 heteroatoms. The highest BCUT2D eigenvalue weighted by molar-refractivity contribution is 5.84. The summed E-state index contributed by atoms with van der Waals surface area (Å²) in [5, 5.41) is 7.60. The Morgan fingerprint density at radius 2 is 2.11 bits per heavy atom. The third-order valence-corrected chi connectivity index (χ3v) is 3.15. The molecule has 0 radical (unpaired) electrons. The van der Waals surface area contributed by atoms with E-state index in [9.17, 15) is 0 Å². The molecule has 0 amide bonds. The molecule has 0 aliphatic heterocycles. The van der Waals surface area contributed by atoms with Crippen LogP contribution in [0, 0.1) is 6.92 Å².